The summed E-state index contributed by atoms with van der Waals surface area (Å²) in [7, 11) is 0. The summed E-state index contributed by atoms with van der Waals surface area (Å²) in [4.78, 5) is 14.1. The Hall–Kier alpha value is -1.55. The molecule has 1 saturated heterocycles. The number of fused-ring (bicyclic) bond motifs is 1. The number of carboxylic acid groups (broad SMARTS) is 1. The standard InChI is InChI=1S/C21H31NO3/c1-20(2,3)16-7-4-9-18(13-16)25-12-6-11-22-14-17-8-5-10-21(17,15-22)19(23)24/h4,7,9,13,17H,5-6,8,10-12,14-15H2,1-3H3,(H,23,24)/t17-,21+/m0/s1. The summed E-state index contributed by atoms with van der Waals surface area (Å²) in [5.74, 6) is 0.676. The Morgan fingerprint density at radius 3 is 2.88 bits per heavy atom. The second kappa shape index (κ2) is 6.99. The Morgan fingerprint density at radius 1 is 1.40 bits per heavy atom. The number of hydrogen-bond acceptors (Lipinski definition) is 3. The largest absolute Gasteiger partial charge is 0.494 e. The summed E-state index contributed by atoms with van der Waals surface area (Å²) in [6, 6.07) is 8.32. The maximum Gasteiger partial charge on any atom is 0.311 e. The van der Waals surface area contributed by atoms with Crippen LogP contribution in [0.2, 0.25) is 0 Å². The minimum absolute atomic E-state index is 0.123. The van der Waals surface area contributed by atoms with E-state index in [1.165, 1.54) is 5.56 Å². The van der Waals surface area contributed by atoms with E-state index >= 15 is 0 Å². The number of likely N-dealkylation sites (tertiary alicyclic amines) is 1. The van der Waals surface area contributed by atoms with Crippen LogP contribution in [0.5, 0.6) is 5.75 Å². The topological polar surface area (TPSA) is 49.8 Å². The maximum atomic E-state index is 11.7. The maximum absolute atomic E-state index is 11.7. The van der Waals surface area contributed by atoms with E-state index in [0.717, 1.165) is 44.5 Å². The zero-order chi connectivity index (χ0) is 18.1. The van der Waals surface area contributed by atoms with Crippen molar-refractivity contribution in [3.05, 3.63) is 29.8 Å². The summed E-state index contributed by atoms with van der Waals surface area (Å²) in [6.45, 7) is 9.86. The first kappa shape index (κ1) is 18.2. The minimum Gasteiger partial charge on any atom is -0.494 e. The molecule has 1 saturated carbocycles. The molecule has 2 aliphatic rings. The first-order valence-corrected chi connectivity index (χ1v) is 9.50. The lowest BCUT2D eigenvalue weighted by molar-refractivity contribution is -0.149. The lowest BCUT2D eigenvalue weighted by Crippen LogP contribution is -2.36. The molecule has 1 aliphatic heterocycles. The quantitative estimate of drug-likeness (QED) is 0.794. The van der Waals surface area contributed by atoms with E-state index in [0.29, 0.717) is 19.1 Å². The van der Waals surface area contributed by atoms with Crippen LogP contribution in [0.1, 0.15) is 52.0 Å². The van der Waals surface area contributed by atoms with E-state index in [2.05, 4.69) is 37.8 Å². The van der Waals surface area contributed by atoms with Gasteiger partial charge in [-0.05, 0) is 48.3 Å². The van der Waals surface area contributed by atoms with Crippen molar-refractivity contribution in [2.24, 2.45) is 11.3 Å². The highest BCUT2D eigenvalue weighted by Crippen LogP contribution is 2.48. The molecule has 0 spiro atoms. The zero-order valence-electron chi connectivity index (χ0n) is 15.8. The molecule has 2 atom stereocenters. The van der Waals surface area contributed by atoms with Crippen LogP contribution in [0.4, 0.5) is 0 Å². The molecule has 0 radical (unpaired) electrons. The highest BCUT2D eigenvalue weighted by atomic mass is 16.5. The van der Waals surface area contributed by atoms with Crippen molar-refractivity contribution >= 4 is 5.97 Å². The van der Waals surface area contributed by atoms with Gasteiger partial charge < -0.3 is 14.7 Å². The Balaban J connectivity index is 1.46. The summed E-state index contributed by atoms with van der Waals surface area (Å²) in [6.07, 6.45) is 3.92. The van der Waals surface area contributed by atoms with Crippen LogP contribution in [0.15, 0.2) is 24.3 Å². The van der Waals surface area contributed by atoms with Crippen LogP contribution in [0.25, 0.3) is 0 Å². The molecule has 138 valence electrons. The zero-order valence-corrected chi connectivity index (χ0v) is 15.8. The van der Waals surface area contributed by atoms with Gasteiger partial charge in [-0.15, -0.1) is 0 Å². The minimum atomic E-state index is -0.590. The molecule has 4 nitrogen and oxygen atoms in total. The number of aliphatic carboxylic acids is 1. The Kier molecular flexibility index (Phi) is 5.10. The first-order valence-electron chi connectivity index (χ1n) is 9.50. The summed E-state index contributed by atoms with van der Waals surface area (Å²) in [5.41, 5.74) is 0.931. The highest BCUT2D eigenvalue weighted by molar-refractivity contribution is 5.76. The lowest BCUT2D eigenvalue weighted by atomic mass is 9.81. The Bertz CT molecular complexity index is 622. The van der Waals surface area contributed by atoms with E-state index in [-0.39, 0.29) is 5.41 Å². The fraction of sp³-hybridized carbons (Fsp3) is 0.667. The molecular weight excluding hydrogens is 314 g/mol. The second-order valence-corrected chi connectivity index (χ2v) is 8.77. The van der Waals surface area contributed by atoms with E-state index in [9.17, 15) is 9.90 Å². The van der Waals surface area contributed by atoms with Gasteiger partial charge in [-0.1, -0.05) is 39.3 Å². The van der Waals surface area contributed by atoms with Gasteiger partial charge in [0.25, 0.3) is 0 Å². The molecule has 0 amide bonds. The number of carbonyl (C=O) groups is 1. The van der Waals surface area contributed by atoms with Crippen LogP contribution >= 0.6 is 0 Å². The van der Waals surface area contributed by atoms with Gasteiger partial charge in [0.15, 0.2) is 0 Å². The lowest BCUT2D eigenvalue weighted by Gasteiger charge is -2.23. The summed E-state index contributed by atoms with van der Waals surface area (Å²) >= 11 is 0. The van der Waals surface area contributed by atoms with Crippen molar-refractivity contribution < 1.29 is 14.6 Å². The van der Waals surface area contributed by atoms with E-state index in [4.69, 9.17) is 4.74 Å². The van der Waals surface area contributed by atoms with Crippen LogP contribution in [-0.2, 0) is 10.2 Å². The molecule has 1 aromatic carbocycles. The SMILES string of the molecule is CC(C)(C)c1cccc(OCCCN2C[C@@H]3CCC[C@@]3(C(=O)O)C2)c1. The van der Waals surface area contributed by atoms with E-state index in [1.807, 2.05) is 12.1 Å². The van der Waals surface area contributed by atoms with Gasteiger partial charge >= 0.3 is 5.97 Å². The fourth-order valence-electron chi connectivity index (χ4n) is 4.44. The van der Waals surface area contributed by atoms with E-state index in [1.54, 1.807) is 0 Å². The first-order chi connectivity index (χ1) is 11.8. The number of ether oxygens (including phenoxy) is 1. The van der Waals surface area contributed by atoms with Crippen molar-refractivity contribution in [2.75, 3.05) is 26.2 Å². The number of hydrogen-bond donors (Lipinski definition) is 1. The van der Waals surface area contributed by atoms with Gasteiger partial charge in [0.2, 0.25) is 0 Å². The highest BCUT2D eigenvalue weighted by Gasteiger charge is 2.54. The van der Waals surface area contributed by atoms with Crippen LogP contribution in [0.3, 0.4) is 0 Å². The predicted molar refractivity (Wildman–Crippen MR) is 99.1 cm³/mol. The monoisotopic (exact) mass is 345 g/mol. The molecule has 1 aliphatic carbocycles. The molecular formula is C21H31NO3. The van der Waals surface area contributed by atoms with Gasteiger partial charge in [0.05, 0.1) is 12.0 Å². The van der Waals surface area contributed by atoms with Crippen molar-refractivity contribution in [1.29, 1.82) is 0 Å². The Morgan fingerprint density at radius 2 is 2.20 bits per heavy atom. The molecule has 4 heteroatoms. The van der Waals surface area contributed by atoms with Gasteiger partial charge in [-0.3, -0.25) is 4.79 Å². The van der Waals surface area contributed by atoms with E-state index < -0.39 is 11.4 Å². The van der Waals surface area contributed by atoms with Crippen molar-refractivity contribution in [2.45, 2.75) is 51.9 Å². The third kappa shape index (κ3) is 3.84. The average molecular weight is 345 g/mol. The van der Waals surface area contributed by atoms with Gasteiger partial charge in [0, 0.05) is 19.6 Å². The number of benzene rings is 1. The van der Waals surface area contributed by atoms with Gasteiger partial charge in [0.1, 0.15) is 5.75 Å². The van der Waals surface area contributed by atoms with Crippen molar-refractivity contribution in [3.63, 3.8) is 0 Å². The molecule has 1 aromatic rings. The molecule has 1 heterocycles. The van der Waals surface area contributed by atoms with Crippen LogP contribution < -0.4 is 4.74 Å². The third-order valence-corrected chi connectivity index (χ3v) is 5.95. The predicted octanol–water partition coefficient (Wildman–Crippen LogP) is 3.94. The van der Waals surface area contributed by atoms with Crippen LogP contribution in [0, 0.1) is 11.3 Å². The molecule has 0 aromatic heterocycles. The van der Waals surface area contributed by atoms with Crippen molar-refractivity contribution in [3.8, 4) is 5.75 Å². The second-order valence-electron chi connectivity index (χ2n) is 8.77. The van der Waals surface area contributed by atoms with Crippen molar-refractivity contribution in [1.82, 2.24) is 4.90 Å². The smallest absolute Gasteiger partial charge is 0.311 e. The van der Waals surface area contributed by atoms with Gasteiger partial charge in [-0.25, -0.2) is 0 Å². The Labute approximate surface area is 151 Å². The number of nitrogens with zero attached hydrogens (tertiary/aromatic N) is 1. The molecule has 25 heavy (non-hydrogen) atoms. The summed E-state index contributed by atoms with van der Waals surface area (Å²) in [5, 5.41) is 9.65. The van der Waals surface area contributed by atoms with Gasteiger partial charge in [-0.2, -0.15) is 0 Å². The average Bonchev–Trinajstić information content (AvgIpc) is 3.09. The summed E-state index contributed by atoms with van der Waals surface area (Å²) < 4.78 is 5.93. The molecule has 3 rings (SSSR count). The fourth-order valence-corrected chi connectivity index (χ4v) is 4.44. The third-order valence-electron chi connectivity index (χ3n) is 5.95. The molecule has 0 bridgehead atoms. The number of carboxylic acids is 1. The molecule has 0 unspecified atom stereocenters. The van der Waals surface area contributed by atoms with Crippen LogP contribution in [-0.4, -0.2) is 42.2 Å². The molecule has 1 N–H and O–H groups in total. The molecule has 2 fully saturated rings. The number of rotatable bonds is 6. The normalized spacial score (nSPS) is 26.6.